The number of rotatable bonds is 4. The number of carbonyl (C=O) groups excluding carboxylic acids is 1. The van der Waals surface area contributed by atoms with Crippen LogP contribution in [0.4, 0.5) is 8.78 Å². The Balaban J connectivity index is 1.68. The van der Waals surface area contributed by atoms with Crippen molar-refractivity contribution in [1.29, 1.82) is 0 Å². The summed E-state index contributed by atoms with van der Waals surface area (Å²) in [6.45, 7) is 0.422. The molecule has 1 aliphatic rings. The summed E-state index contributed by atoms with van der Waals surface area (Å²) < 4.78 is 32.0. The Labute approximate surface area is 138 Å². The number of nitrogens with one attached hydrogen (secondary N) is 1. The van der Waals surface area contributed by atoms with Gasteiger partial charge in [-0.05, 0) is 30.2 Å². The second kappa shape index (κ2) is 6.97. The first-order valence-electron chi connectivity index (χ1n) is 7.67. The van der Waals surface area contributed by atoms with Gasteiger partial charge < -0.3 is 15.2 Å². The molecule has 2 aromatic rings. The summed E-state index contributed by atoms with van der Waals surface area (Å²) in [5.74, 6) is -2.06. The van der Waals surface area contributed by atoms with Gasteiger partial charge in [-0.15, -0.1) is 0 Å². The van der Waals surface area contributed by atoms with Crippen molar-refractivity contribution in [3.8, 4) is 5.75 Å². The average molecular weight is 333 g/mol. The van der Waals surface area contributed by atoms with E-state index in [-0.39, 0.29) is 24.1 Å². The van der Waals surface area contributed by atoms with E-state index in [4.69, 9.17) is 4.74 Å². The molecule has 0 aromatic heterocycles. The Morgan fingerprint density at radius 3 is 2.75 bits per heavy atom. The van der Waals surface area contributed by atoms with Crippen molar-refractivity contribution in [2.75, 3.05) is 6.61 Å². The Morgan fingerprint density at radius 1 is 1.21 bits per heavy atom. The molecule has 0 unspecified atom stereocenters. The molecule has 1 saturated heterocycles. The number of hydrogen-bond acceptors (Lipinski definition) is 3. The number of amides is 1. The fourth-order valence-corrected chi connectivity index (χ4v) is 2.85. The van der Waals surface area contributed by atoms with Crippen LogP contribution < -0.4 is 5.32 Å². The van der Waals surface area contributed by atoms with E-state index < -0.39 is 17.7 Å². The predicted molar refractivity (Wildman–Crippen MR) is 83.4 cm³/mol. The molecule has 3 rings (SSSR count). The lowest BCUT2D eigenvalue weighted by atomic mass is 10.0. The van der Waals surface area contributed by atoms with Crippen LogP contribution in [0.25, 0.3) is 0 Å². The van der Waals surface area contributed by atoms with E-state index in [2.05, 4.69) is 5.32 Å². The Hall–Kier alpha value is -2.47. The molecule has 0 spiro atoms. The zero-order valence-corrected chi connectivity index (χ0v) is 12.8. The number of phenolic OH excluding ortho intramolecular Hbond substituents is 1. The van der Waals surface area contributed by atoms with Gasteiger partial charge in [0.1, 0.15) is 11.9 Å². The van der Waals surface area contributed by atoms with Gasteiger partial charge in [0.05, 0.1) is 12.5 Å². The van der Waals surface area contributed by atoms with Crippen LogP contribution in [-0.2, 0) is 16.0 Å². The molecule has 1 amide bonds. The molecule has 1 heterocycles. The summed E-state index contributed by atoms with van der Waals surface area (Å²) >= 11 is 0. The van der Waals surface area contributed by atoms with Crippen molar-refractivity contribution in [1.82, 2.24) is 5.32 Å². The molecule has 24 heavy (non-hydrogen) atoms. The summed E-state index contributed by atoms with van der Waals surface area (Å²) in [6, 6.07) is 9.88. The second-order valence-corrected chi connectivity index (χ2v) is 5.73. The monoisotopic (exact) mass is 333 g/mol. The molecule has 2 atom stereocenters. The van der Waals surface area contributed by atoms with E-state index in [1.54, 1.807) is 18.2 Å². The third-order valence-corrected chi connectivity index (χ3v) is 4.05. The van der Waals surface area contributed by atoms with Gasteiger partial charge >= 0.3 is 0 Å². The number of phenols is 1. The molecule has 0 aliphatic carbocycles. The molecular weight excluding hydrogens is 316 g/mol. The summed E-state index contributed by atoms with van der Waals surface area (Å²) in [6.07, 6.45) is 0.0949. The van der Waals surface area contributed by atoms with Crippen molar-refractivity contribution in [2.45, 2.75) is 25.0 Å². The molecule has 6 heteroatoms. The third kappa shape index (κ3) is 3.54. The van der Waals surface area contributed by atoms with Gasteiger partial charge in [0.2, 0.25) is 5.91 Å². The summed E-state index contributed by atoms with van der Waals surface area (Å²) in [5, 5.41) is 12.6. The fraction of sp³-hybridized carbons (Fsp3) is 0.278. The van der Waals surface area contributed by atoms with Crippen molar-refractivity contribution < 1.29 is 23.4 Å². The number of ether oxygens (including phenoxy) is 1. The molecule has 0 radical (unpaired) electrons. The number of halogens is 2. The van der Waals surface area contributed by atoms with E-state index in [0.29, 0.717) is 24.2 Å². The number of benzene rings is 2. The summed E-state index contributed by atoms with van der Waals surface area (Å²) in [7, 11) is 0. The lowest BCUT2D eigenvalue weighted by molar-refractivity contribution is -0.121. The molecule has 1 fully saturated rings. The van der Waals surface area contributed by atoms with Gasteiger partial charge in [-0.2, -0.15) is 0 Å². The van der Waals surface area contributed by atoms with E-state index in [1.807, 2.05) is 0 Å². The zero-order chi connectivity index (χ0) is 17.1. The molecule has 1 aliphatic heterocycles. The maximum absolute atomic E-state index is 13.4. The third-order valence-electron chi connectivity index (χ3n) is 4.05. The molecule has 126 valence electrons. The van der Waals surface area contributed by atoms with E-state index in [9.17, 15) is 18.7 Å². The van der Waals surface area contributed by atoms with Crippen LogP contribution in [-0.4, -0.2) is 23.7 Å². The highest BCUT2D eigenvalue weighted by molar-refractivity contribution is 5.79. The maximum atomic E-state index is 13.4. The molecule has 0 bridgehead atoms. The number of para-hydroxylation sites is 1. The summed E-state index contributed by atoms with van der Waals surface area (Å²) in [5.41, 5.74) is 1.01. The smallest absolute Gasteiger partial charge is 0.224 e. The highest BCUT2D eigenvalue weighted by Gasteiger charge is 2.31. The SMILES string of the molecule is O=C(Cc1ccccc1O)N[C@H]1CCO[C@H]1c1ccc(F)c(F)c1. The van der Waals surface area contributed by atoms with Crippen LogP contribution in [0.3, 0.4) is 0 Å². The van der Waals surface area contributed by atoms with Crippen LogP contribution in [0.5, 0.6) is 5.75 Å². The minimum absolute atomic E-state index is 0.0354. The minimum Gasteiger partial charge on any atom is -0.508 e. The number of carbonyl (C=O) groups is 1. The minimum atomic E-state index is -0.942. The average Bonchev–Trinajstić information content (AvgIpc) is 3.00. The maximum Gasteiger partial charge on any atom is 0.224 e. The standard InChI is InChI=1S/C18H17F2NO3/c19-13-6-5-12(9-14(13)20)18-15(7-8-24-18)21-17(23)10-11-3-1-2-4-16(11)22/h1-6,9,15,18,22H,7-8,10H2,(H,21,23)/t15-,18-/m0/s1. The molecule has 4 nitrogen and oxygen atoms in total. The van der Waals surface area contributed by atoms with Crippen LogP contribution in [0.1, 0.15) is 23.7 Å². The molecular formula is C18H17F2NO3. The topological polar surface area (TPSA) is 58.6 Å². The largest absolute Gasteiger partial charge is 0.508 e. The second-order valence-electron chi connectivity index (χ2n) is 5.73. The van der Waals surface area contributed by atoms with Gasteiger partial charge in [-0.3, -0.25) is 4.79 Å². The van der Waals surface area contributed by atoms with Crippen molar-refractivity contribution in [2.24, 2.45) is 0 Å². The van der Waals surface area contributed by atoms with Gasteiger partial charge in [-0.1, -0.05) is 24.3 Å². The first-order chi connectivity index (χ1) is 11.5. The van der Waals surface area contributed by atoms with Gasteiger partial charge in [0.25, 0.3) is 0 Å². The van der Waals surface area contributed by atoms with E-state index >= 15 is 0 Å². The highest BCUT2D eigenvalue weighted by atomic mass is 19.2. The number of aromatic hydroxyl groups is 1. The Kier molecular flexibility index (Phi) is 4.76. The molecule has 0 saturated carbocycles. The normalized spacial score (nSPS) is 20.1. The lowest BCUT2D eigenvalue weighted by Gasteiger charge is -2.20. The van der Waals surface area contributed by atoms with E-state index in [0.717, 1.165) is 12.1 Å². The van der Waals surface area contributed by atoms with Crippen molar-refractivity contribution >= 4 is 5.91 Å². The highest BCUT2D eigenvalue weighted by Crippen LogP contribution is 2.30. The first-order valence-corrected chi connectivity index (χ1v) is 7.67. The van der Waals surface area contributed by atoms with Crippen molar-refractivity contribution in [3.63, 3.8) is 0 Å². The van der Waals surface area contributed by atoms with E-state index in [1.165, 1.54) is 12.1 Å². The number of hydrogen-bond donors (Lipinski definition) is 2. The Morgan fingerprint density at radius 2 is 2.00 bits per heavy atom. The first kappa shape index (κ1) is 16.4. The zero-order valence-electron chi connectivity index (χ0n) is 12.8. The predicted octanol–water partition coefficient (Wildman–Crippen LogP) is 2.86. The molecule has 2 N–H and O–H groups in total. The van der Waals surface area contributed by atoms with Crippen LogP contribution in [0.2, 0.25) is 0 Å². The van der Waals surface area contributed by atoms with Crippen LogP contribution in [0.15, 0.2) is 42.5 Å². The quantitative estimate of drug-likeness (QED) is 0.904. The lowest BCUT2D eigenvalue weighted by Crippen LogP contribution is -2.37. The van der Waals surface area contributed by atoms with Crippen LogP contribution in [0, 0.1) is 11.6 Å². The molecule has 2 aromatic carbocycles. The van der Waals surface area contributed by atoms with Gasteiger partial charge in [0.15, 0.2) is 11.6 Å². The summed E-state index contributed by atoms with van der Waals surface area (Å²) in [4.78, 5) is 12.2. The van der Waals surface area contributed by atoms with Gasteiger partial charge in [0, 0.05) is 12.2 Å². The van der Waals surface area contributed by atoms with Crippen molar-refractivity contribution in [3.05, 3.63) is 65.2 Å². The Bertz CT molecular complexity index is 751. The fourth-order valence-electron chi connectivity index (χ4n) is 2.85. The van der Waals surface area contributed by atoms with Crippen LogP contribution >= 0.6 is 0 Å². The van der Waals surface area contributed by atoms with Gasteiger partial charge in [-0.25, -0.2) is 8.78 Å².